The Bertz CT molecular complexity index is 891. The minimum Gasteiger partial charge on any atom is -0.493 e. The fraction of sp³-hybridized carbons (Fsp3) is 0.435. The summed E-state index contributed by atoms with van der Waals surface area (Å²) < 4.78 is 11.3. The van der Waals surface area contributed by atoms with Crippen LogP contribution in [0, 0.1) is 0 Å². The lowest BCUT2D eigenvalue weighted by Gasteiger charge is -2.35. The molecule has 0 aliphatic carbocycles. The van der Waals surface area contributed by atoms with Gasteiger partial charge in [-0.3, -0.25) is 9.89 Å². The first kappa shape index (κ1) is 20.3. The summed E-state index contributed by atoms with van der Waals surface area (Å²) >= 11 is 0. The normalized spacial score (nSPS) is 16.6. The number of piperazine rings is 1. The fourth-order valence-corrected chi connectivity index (χ4v) is 3.75. The quantitative estimate of drug-likeness (QED) is 0.596. The third-order valence-corrected chi connectivity index (χ3v) is 5.39. The maximum absolute atomic E-state index is 5.86. The second-order valence-electron chi connectivity index (χ2n) is 7.40. The van der Waals surface area contributed by atoms with Crippen LogP contribution in [0.25, 0.3) is 0 Å². The van der Waals surface area contributed by atoms with Crippen LogP contribution in [-0.2, 0) is 0 Å². The summed E-state index contributed by atoms with van der Waals surface area (Å²) in [4.78, 5) is 18.3. The second kappa shape index (κ2) is 10.2. The molecule has 7 nitrogen and oxygen atoms in total. The molecule has 0 unspecified atom stereocenters. The maximum Gasteiger partial charge on any atom is 0.213 e. The predicted molar refractivity (Wildman–Crippen MR) is 119 cm³/mol. The molecule has 158 valence electrons. The highest BCUT2D eigenvalue weighted by molar-refractivity contribution is 6.08. The van der Waals surface area contributed by atoms with E-state index in [1.54, 1.807) is 7.11 Å². The minimum atomic E-state index is 0.674. The van der Waals surface area contributed by atoms with Gasteiger partial charge in [0.15, 0.2) is 11.6 Å². The molecule has 0 radical (unpaired) electrons. The summed E-state index contributed by atoms with van der Waals surface area (Å²) in [5.41, 5.74) is 1.81. The molecule has 0 bridgehead atoms. The summed E-state index contributed by atoms with van der Waals surface area (Å²) in [7, 11) is 1.70. The molecule has 0 aromatic carbocycles. The molecule has 7 heteroatoms. The van der Waals surface area contributed by atoms with Crippen molar-refractivity contribution >= 4 is 11.5 Å². The van der Waals surface area contributed by atoms with E-state index in [4.69, 9.17) is 9.47 Å². The van der Waals surface area contributed by atoms with Crippen LogP contribution in [-0.4, -0.2) is 73.6 Å². The third-order valence-electron chi connectivity index (χ3n) is 5.39. The number of anilines is 1. The van der Waals surface area contributed by atoms with Gasteiger partial charge in [0.2, 0.25) is 5.88 Å². The van der Waals surface area contributed by atoms with Crippen molar-refractivity contribution in [3.05, 3.63) is 54.4 Å². The number of aliphatic imine (C=N–C) groups is 1. The van der Waals surface area contributed by atoms with Gasteiger partial charge in [-0.2, -0.15) is 0 Å². The standard InChI is InChI=1S/C23H29N5O2/c1-29-21-9-6-12-25-23(21)28-16-14-27(15-17-28)13-2-3-18-30-22-10-4-7-20(26-22)19-8-5-11-24-19/h4-10,12H,2-3,11,13-18H2,1H3. The van der Waals surface area contributed by atoms with Crippen molar-refractivity contribution in [1.29, 1.82) is 0 Å². The van der Waals surface area contributed by atoms with Gasteiger partial charge >= 0.3 is 0 Å². The molecular formula is C23H29N5O2. The van der Waals surface area contributed by atoms with E-state index in [2.05, 4.69) is 24.8 Å². The van der Waals surface area contributed by atoms with Gasteiger partial charge in [-0.15, -0.1) is 0 Å². The van der Waals surface area contributed by atoms with Crippen molar-refractivity contribution in [2.45, 2.75) is 12.8 Å². The zero-order valence-corrected chi connectivity index (χ0v) is 17.5. The summed E-state index contributed by atoms with van der Waals surface area (Å²) in [5.74, 6) is 2.46. The molecule has 1 saturated heterocycles. The predicted octanol–water partition coefficient (Wildman–Crippen LogP) is 2.83. The third kappa shape index (κ3) is 5.16. The molecule has 0 spiro atoms. The number of aromatic nitrogens is 2. The number of hydrogen-bond donors (Lipinski definition) is 0. The minimum absolute atomic E-state index is 0.674. The lowest BCUT2D eigenvalue weighted by atomic mass is 10.2. The van der Waals surface area contributed by atoms with E-state index in [9.17, 15) is 0 Å². The van der Waals surface area contributed by atoms with Crippen molar-refractivity contribution in [3.63, 3.8) is 0 Å². The molecule has 0 saturated carbocycles. The lowest BCUT2D eigenvalue weighted by molar-refractivity contribution is 0.235. The topological polar surface area (TPSA) is 63.1 Å². The van der Waals surface area contributed by atoms with Crippen molar-refractivity contribution in [2.24, 2.45) is 4.99 Å². The number of hydrogen-bond acceptors (Lipinski definition) is 7. The smallest absolute Gasteiger partial charge is 0.213 e. The van der Waals surface area contributed by atoms with Crippen LogP contribution >= 0.6 is 0 Å². The largest absolute Gasteiger partial charge is 0.493 e. The van der Waals surface area contributed by atoms with Crippen molar-refractivity contribution in [1.82, 2.24) is 14.9 Å². The Morgan fingerprint density at radius 2 is 1.93 bits per heavy atom. The maximum atomic E-state index is 5.86. The first-order chi connectivity index (χ1) is 14.8. The van der Waals surface area contributed by atoms with Gasteiger partial charge in [-0.25, -0.2) is 9.97 Å². The van der Waals surface area contributed by atoms with Gasteiger partial charge in [-0.1, -0.05) is 12.1 Å². The van der Waals surface area contributed by atoms with Crippen LogP contribution in [0.1, 0.15) is 18.5 Å². The number of ether oxygens (including phenoxy) is 2. The zero-order valence-electron chi connectivity index (χ0n) is 17.5. The van der Waals surface area contributed by atoms with Gasteiger partial charge in [0.05, 0.1) is 31.7 Å². The molecule has 2 aromatic heterocycles. The summed E-state index contributed by atoms with van der Waals surface area (Å²) in [6, 6.07) is 9.74. The number of pyridine rings is 2. The Labute approximate surface area is 178 Å². The van der Waals surface area contributed by atoms with Gasteiger partial charge in [0.25, 0.3) is 0 Å². The molecule has 2 aliphatic heterocycles. The highest BCUT2D eigenvalue weighted by atomic mass is 16.5. The first-order valence-electron chi connectivity index (χ1n) is 10.6. The molecule has 2 aromatic rings. The number of methoxy groups -OCH3 is 1. The second-order valence-corrected chi connectivity index (χ2v) is 7.40. The molecule has 0 N–H and O–H groups in total. The summed E-state index contributed by atoms with van der Waals surface area (Å²) in [6.45, 7) is 6.54. The average Bonchev–Trinajstić information content (AvgIpc) is 3.35. The lowest BCUT2D eigenvalue weighted by Crippen LogP contribution is -2.47. The molecule has 30 heavy (non-hydrogen) atoms. The van der Waals surface area contributed by atoms with Crippen molar-refractivity contribution < 1.29 is 9.47 Å². The van der Waals surface area contributed by atoms with Crippen LogP contribution in [0.3, 0.4) is 0 Å². The average molecular weight is 408 g/mol. The van der Waals surface area contributed by atoms with Crippen LogP contribution in [0.15, 0.2) is 53.7 Å². The van der Waals surface area contributed by atoms with E-state index >= 15 is 0 Å². The van der Waals surface area contributed by atoms with E-state index < -0.39 is 0 Å². The van der Waals surface area contributed by atoms with Gasteiger partial charge < -0.3 is 14.4 Å². The highest BCUT2D eigenvalue weighted by Gasteiger charge is 2.20. The van der Waals surface area contributed by atoms with E-state index in [-0.39, 0.29) is 0 Å². The highest BCUT2D eigenvalue weighted by Crippen LogP contribution is 2.25. The Balaban J connectivity index is 1.15. The monoisotopic (exact) mass is 407 g/mol. The Morgan fingerprint density at radius 3 is 2.73 bits per heavy atom. The van der Waals surface area contributed by atoms with Gasteiger partial charge in [0.1, 0.15) is 0 Å². The summed E-state index contributed by atoms with van der Waals surface area (Å²) in [6.07, 6.45) is 8.00. The number of unbranched alkanes of at least 4 members (excludes halogenated alkanes) is 1. The van der Waals surface area contributed by atoms with Gasteiger partial charge in [-0.05, 0) is 43.7 Å². The molecular weight excluding hydrogens is 378 g/mol. The molecule has 0 atom stereocenters. The Hall–Kier alpha value is -2.93. The van der Waals surface area contributed by atoms with Crippen molar-refractivity contribution in [3.8, 4) is 11.6 Å². The van der Waals surface area contributed by atoms with Gasteiger partial charge in [0, 0.05) is 38.4 Å². The Kier molecular flexibility index (Phi) is 6.92. The SMILES string of the molecule is COc1cccnc1N1CCN(CCCCOc2cccc(C3=NCC=C3)n2)CC1. The Morgan fingerprint density at radius 1 is 1.03 bits per heavy atom. The molecule has 4 rings (SSSR count). The van der Waals surface area contributed by atoms with Crippen LogP contribution in [0.5, 0.6) is 11.6 Å². The fourth-order valence-electron chi connectivity index (χ4n) is 3.75. The molecule has 4 heterocycles. The van der Waals surface area contributed by atoms with Crippen LogP contribution in [0.2, 0.25) is 0 Å². The molecule has 0 amide bonds. The molecule has 1 fully saturated rings. The first-order valence-corrected chi connectivity index (χ1v) is 10.6. The van der Waals surface area contributed by atoms with Crippen LogP contribution < -0.4 is 14.4 Å². The van der Waals surface area contributed by atoms with E-state index in [1.165, 1.54) is 0 Å². The van der Waals surface area contributed by atoms with Crippen LogP contribution in [0.4, 0.5) is 5.82 Å². The molecule has 2 aliphatic rings. The number of rotatable bonds is 9. The van der Waals surface area contributed by atoms with E-state index in [1.807, 2.05) is 48.7 Å². The number of nitrogens with zero attached hydrogens (tertiary/aromatic N) is 5. The van der Waals surface area contributed by atoms with E-state index in [0.717, 1.165) is 75.1 Å². The zero-order chi connectivity index (χ0) is 20.6. The van der Waals surface area contributed by atoms with E-state index in [0.29, 0.717) is 12.5 Å². The number of allylic oxidation sites excluding steroid dienone is 1. The van der Waals surface area contributed by atoms with Crippen molar-refractivity contribution in [2.75, 3.05) is 57.9 Å². The summed E-state index contributed by atoms with van der Waals surface area (Å²) in [5, 5.41) is 0.